The molecule has 0 aliphatic heterocycles. The summed E-state index contributed by atoms with van der Waals surface area (Å²) in [7, 11) is 0. The van der Waals surface area contributed by atoms with Crippen LogP contribution in [0.5, 0.6) is 0 Å². The van der Waals surface area contributed by atoms with Crippen molar-refractivity contribution in [3.8, 4) is 11.1 Å². The monoisotopic (exact) mass is 480 g/mol. The second-order valence-electron chi connectivity index (χ2n) is 10.2. The van der Waals surface area contributed by atoms with E-state index in [1.807, 2.05) is 52.0 Å². The molecule has 2 amide bonds. The zero-order chi connectivity index (χ0) is 25.6. The molecule has 1 unspecified atom stereocenters. The Kier molecular flexibility index (Phi) is 8.54. The van der Waals surface area contributed by atoms with Crippen LogP contribution in [0.4, 0.5) is 4.79 Å². The molecule has 3 N–H and O–H groups in total. The second kappa shape index (κ2) is 11.4. The highest BCUT2D eigenvalue weighted by atomic mass is 16.5. The molecule has 0 saturated carbocycles. The van der Waals surface area contributed by atoms with Gasteiger partial charge in [0.15, 0.2) is 0 Å². The lowest BCUT2D eigenvalue weighted by Crippen LogP contribution is -2.49. The summed E-state index contributed by atoms with van der Waals surface area (Å²) in [6, 6.07) is 14.8. The summed E-state index contributed by atoms with van der Waals surface area (Å²) in [5, 5.41) is 14.8. The van der Waals surface area contributed by atoms with Crippen molar-refractivity contribution < 1.29 is 24.2 Å². The molecular formula is C28H36N2O5. The van der Waals surface area contributed by atoms with Crippen LogP contribution >= 0.6 is 0 Å². The van der Waals surface area contributed by atoms with Crippen LogP contribution in [0.15, 0.2) is 48.5 Å². The van der Waals surface area contributed by atoms with Crippen molar-refractivity contribution in [3.05, 3.63) is 59.7 Å². The molecule has 7 nitrogen and oxygen atoms in total. The quantitative estimate of drug-likeness (QED) is 0.439. The van der Waals surface area contributed by atoms with Crippen molar-refractivity contribution in [2.45, 2.75) is 71.4 Å². The van der Waals surface area contributed by atoms with Gasteiger partial charge in [0.25, 0.3) is 0 Å². The van der Waals surface area contributed by atoms with Gasteiger partial charge in [0.1, 0.15) is 12.6 Å². The SMILES string of the molecule is CCCC[C@H](NC(=O)CC(NC(=O)OCC1c2ccccc2-c2ccccc21)C(C)(C)C)C(=O)O. The first-order valence-corrected chi connectivity index (χ1v) is 12.3. The summed E-state index contributed by atoms with van der Waals surface area (Å²) < 4.78 is 5.64. The van der Waals surface area contributed by atoms with Crippen molar-refractivity contribution >= 4 is 18.0 Å². The lowest BCUT2D eigenvalue weighted by molar-refractivity contribution is -0.142. The molecule has 0 aromatic heterocycles. The van der Waals surface area contributed by atoms with Gasteiger partial charge in [0.05, 0.1) is 0 Å². The lowest BCUT2D eigenvalue weighted by atomic mass is 9.84. The van der Waals surface area contributed by atoms with Crippen LogP contribution in [0.1, 0.15) is 70.4 Å². The fraction of sp³-hybridized carbons (Fsp3) is 0.464. The van der Waals surface area contributed by atoms with Crippen LogP contribution in [0.3, 0.4) is 0 Å². The van der Waals surface area contributed by atoms with Gasteiger partial charge in [-0.15, -0.1) is 0 Å². The number of fused-ring (bicyclic) bond motifs is 3. The van der Waals surface area contributed by atoms with Gasteiger partial charge in [-0.25, -0.2) is 9.59 Å². The highest BCUT2D eigenvalue weighted by molar-refractivity contribution is 5.84. The van der Waals surface area contributed by atoms with Gasteiger partial charge in [-0.05, 0) is 34.1 Å². The maximum Gasteiger partial charge on any atom is 0.407 e. The molecule has 3 rings (SSSR count). The summed E-state index contributed by atoms with van der Waals surface area (Å²) in [6.45, 7) is 7.90. The third-order valence-electron chi connectivity index (χ3n) is 6.55. The topological polar surface area (TPSA) is 105 Å². The first kappa shape index (κ1) is 26.3. The minimum atomic E-state index is -1.05. The number of hydrogen-bond donors (Lipinski definition) is 3. The van der Waals surface area contributed by atoms with Crippen LogP contribution in [-0.2, 0) is 14.3 Å². The Bertz CT molecular complexity index is 1010. The van der Waals surface area contributed by atoms with E-state index in [0.717, 1.165) is 28.7 Å². The molecule has 1 aliphatic rings. The number of ether oxygens (including phenoxy) is 1. The van der Waals surface area contributed by atoms with E-state index in [-0.39, 0.29) is 18.9 Å². The molecule has 2 aromatic rings. The molecule has 0 spiro atoms. The third kappa shape index (κ3) is 6.62. The number of carbonyl (C=O) groups is 3. The Labute approximate surface area is 207 Å². The number of alkyl carbamates (subject to hydrolysis) is 1. The van der Waals surface area contributed by atoms with Gasteiger partial charge in [-0.3, -0.25) is 4.79 Å². The average molecular weight is 481 g/mol. The molecule has 35 heavy (non-hydrogen) atoms. The average Bonchev–Trinajstić information content (AvgIpc) is 3.13. The Hall–Kier alpha value is -3.35. The molecule has 0 bridgehead atoms. The van der Waals surface area contributed by atoms with E-state index in [2.05, 4.69) is 34.9 Å². The number of carboxylic acid groups (broad SMARTS) is 1. The summed E-state index contributed by atoms with van der Waals surface area (Å²) in [6.07, 6.45) is 1.28. The van der Waals surface area contributed by atoms with Gasteiger partial charge >= 0.3 is 12.1 Å². The van der Waals surface area contributed by atoms with Crippen LogP contribution < -0.4 is 10.6 Å². The summed E-state index contributed by atoms with van der Waals surface area (Å²) >= 11 is 0. The molecule has 0 fully saturated rings. The van der Waals surface area contributed by atoms with Crippen molar-refractivity contribution in [2.24, 2.45) is 5.41 Å². The Morgan fingerprint density at radius 2 is 1.54 bits per heavy atom. The van der Waals surface area contributed by atoms with Gasteiger partial charge in [-0.2, -0.15) is 0 Å². The number of nitrogens with one attached hydrogen (secondary N) is 2. The molecular weight excluding hydrogens is 444 g/mol. The molecule has 2 aromatic carbocycles. The maximum absolute atomic E-state index is 12.8. The Balaban J connectivity index is 1.62. The van der Waals surface area contributed by atoms with E-state index >= 15 is 0 Å². The molecule has 188 valence electrons. The van der Waals surface area contributed by atoms with E-state index in [4.69, 9.17) is 4.74 Å². The molecule has 7 heteroatoms. The van der Waals surface area contributed by atoms with Crippen LogP contribution in [-0.4, -0.2) is 41.8 Å². The number of rotatable bonds is 10. The van der Waals surface area contributed by atoms with Crippen LogP contribution in [0.2, 0.25) is 0 Å². The second-order valence-corrected chi connectivity index (χ2v) is 10.2. The number of benzene rings is 2. The number of hydrogen-bond acceptors (Lipinski definition) is 4. The standard InChI is InChI=1S/C28H36N2O5/c1-5-6-15-23(26(32)33)29-25(31)16-24(28(2,3)4)30-27(34)35-17-22-20-13-9-7-11-18(20)19-12-8-10-14-21(19)22/h7-14,22-24H,5-6,15-17H2,1-4H3,(H,29,31)(H,30,34)(H,32,33)/t23-,24?/m0/s1. The number of aliphatic carboxylic acids is 1. The number of carbonyl (C=O) groups excluding carboxylic acids is 2. The summed E-state index contributed by atoms with van der Waals surface area (Å²) in [4.78, 5) is 36.9. The minimum Gasteiger partial charge on any atom is -0.480 e. The predicted octanol–water partition coefficient (Wildman–Crippen LogP) is 5.09. The largest absolute Gasteiger partial charge is 0.480 e. The Morgan fingerprint density at radius 1 is 0.971 bits per heavy atom. The highest BCUT2D eigenvalue weighted by Gasteiger charge is 2.32. The Morgan fingerprint density at radius 3 is 2.06 bits per heavy atom. The smallest absolute Gasteiger partial charge is 0.407 e. The molecule has 2 atom stereocenters. The zero-order valence-electron chi connectivity index (χ0n) is 21.0. The maximum atomic E-state index is 12.8. The normalized spacial score (nSPS) is 14.4. The van der Waals surface area contributed by atoms with Crippen molar-refractivity contribution in [3.63, 3.8) is 0 Å². The van der Waals surface area contributed by atoms with Gasteiger partial charge in [-0.1, -0.05) is 89.1 Å². The van der Waals surface area contributed by atoms with Gasteiger partial charge < -0.3 is 20.5 Å². The fourth-order valence-electron chi connectivity index (χ4n) is 4.46. The van der Waals surface area contributed by atoms with E-state index < -0.39 is 35.5 Å². The van der Waals surface area contributed by atoms with E-state index in [1.54, 1.807) is 0 Å². The molecule has 1 aliphatic carbocycles. The van der Waals surface area contributed by atoms with Crippen molar-refractivity contribution in [1.29, 1.82) is 0 Å². The van der Waals surface area contributed by atoms with E-state index in [0.29, 0.717) is 12.8 Å². The van der Waals surface area contributed by atoms with Gasteiger partial charge in [0.2, 0.25) is 5.91 Å². The lowest BCUT2D eigenvalue weighted by Gasteiger charge is -2.31. The summed E-state index contributed by atoms with van der Waals surface area (Å²) in [5.74, 6) is -1.52. The van der Waals surface area contributed by atoms with E-state index in [1.165, 1.54) is 0 Å². The fourth-order valence-corrected chi connectivity index (χ4v) is 4.46. The third-order valence-corrected chi connectivity index (χ3v) is 6.55. The highest BCUT2D eigenvalue weighted by Crippen LogP contribution is 2.44. The molecule has 0 radical (unpaired) electrons. The van der Waals surface area contributed by atoms with Gasteiger partial charge in [0, 0.05) is 18.4 Å². The molecule has 0 heterocycles. The number of amides is 2. The van der Waals surface area contributed by atoms with Crippen LogP contribution in [0, 0.1) is 5.41 Å². The predicted molar refractivity (Wildman–Crippen MR) is 135 cm³/mol. The molecule has 0 saturated heterocycles. The zero-order valence-corrected chi connectivity index (χ0v) is 21.0. The van der Waals surface area contributed by atoms with Crippen molar-refractivity contribution in [1.82, 2.24) is 10.6 Å². The minimum absolute atomic E-state index is 0.0381. The first-order chi connectivity index (χ1) is 16.6. The number of unbranched alkanes of at least 4 members (excludes halogenated alkanes) is 1. The number of carboxylic acids is 1. The van der Waals surface area contributed by atoms with Crippen LogP contribution in [0.25, 0.3) is 11.1 Å². The first-order valence-electron chi connectivity index (χ1n) is 12.3. The summed E-state index contributed by atoms with van der Waals surface area (Å²) in [5.41, 5.74) is 4.11. The van der Waals surface area contributed by atoms with Crippen molar-refractivity contribution in [2.75, 3.05) is 6.61 Å². The van der Waals surface area contributed by atoms with E-state index in [9.17, 15) is 19.5 Å².